The first-order chi connectivity index (χ1) is 9.47. The zero-order valence-electron chi connectivity index (χ0n) is 11.9. The molecule has 1 fully saturated rings. The van der Waals surface area contributed by atoms with Crippen molar-refractivity contribution >= 4 is 5.78 Å². The Kier molecular flexibility index (Phi) is 4.86. The number of ether oxygens (including phenoxy) is 1. The molecule has 0 bridgehead atoms. The monoisotopic (exact) mass is 282 g/mol. The summed E-state index contributed by atoms with van der Waals surface area (Å²) in [6.45, 7) is 4.26. The molecule has 1 aliphatic carbocycles. The largest absolute Gasteiger partial charge is 0.370 e. The molecule has 0 heterocycles. The van der Waals surface area contributed by atoms with Crippen LogP contribution in [-0.4, -0.2) is 18.5 Å². The van der Waals surface area contributed by atoms with E-state index < -0.39 is 17.4 Å². The van der Waals surface area contributed by atoms with Crippen LogP contribution in [0.1, 0.15) is 43.5 Å². The molecule has 0 amide bonds. The average molecular weight is 282 g/mol. The van der Waals surface area contributed by atoms with E-state index in [0.717, 1.165) is 31.4 Å². The van der Waals surface area contributed by atoms with Crippen LogP contribution in [0.25, 0.3) is 0 Å². The van der Waals surface area contributed by atoms with Crippen molar-refractivity contribution in [2.75, 3.05) is 6.61 Å². The molecule has 1 aromatic carbocycles. The Labute approximate surface area is 118 Å². The molecule has 0 aromatic heterocycles. The van der Waals surface area contributed by atoms with Crippen molar-refractivity contribution < 1.29 is 18.3 Å². The molecule has 0 spiro atoms. The fourth-order valence-corrected chi connectivity index (χ4v) is 2.64. The topological polar surface area (TPSA) is 26.3 Å². The predicted octanol–water partition coefficient (Wildman–Crippen LogP) is 3.99. The summed E-state index contributed by atoms with van der Waals surface area (Å²) in [5.74, 6) is -0.695. The third kappa shape index (κ3) is 3.63. The van der Waals surface area contributed by atoms with Gasteiger partial charge in [0.2, 0.25) is 0 Å². The standard InChI is InChI=1S/C16H20F2O2/c1-10-3-5-13(7-11(10)2)20-9-16(19)14-6-4-12(17)8-15(14)18/h4,6,8,10-11,13H,3,5,7,9H2,1-2H3. The third-order valence-electron chi connectivity index (χ3n) is 4.23. The van der Waals surface area contributed by atoms with Gasteiger partial charge in [-0.1, -0.05) is 13.8 Å². The zero-order chi connectivity index (χ0) is 14.7. The molecule has 2 rings (SSSR count). The highest BCUT2D eigenvalue weighted by Crippen LogP contribution is 2.30. The van der Waals surface area contributed by atoms with Gasteiger partial charge in [-0.3, -0.25) is 4.79 Å². The number of hydrogen-bond acceptors (Lipinski definition) is 2. The van der Waals surface area contributed by atoms with Crippen LogP contribution in [0.2, 0.25) is 0 Å². The van der Waals surface area contributed by atoms with Crippen molar-refractivity contribution in [3.8, 4) is 0 Å². The molecule has 0 radical (unpaired) electrons. The van der Waals surface area contributed by atoms with Crippen molar-refractivity contribution in [1.82, 2.24) is 0 Å². The maximum absolute atomic E-state index is 13.5. The van der Waals surface area contributed by atoms with E-state index >= 15 is 0 Å². The van der Waals surface area contributed by atoms with Gasteiger partial charge in [-0.2, -0.15) is 0 Å². The predicted molar refractivity (Wildman–Crippen MR) is 72.6 cm³/mol. The minimum absolute atomic E-state index is 0.0636. The van der Waals surface area contributed by atoms with Crippen LogP contribution in [0, 0.1) is 23.5 Å². The Morgan fingerprint density at radius 3 is 2.65 bits per heavy atom. The summed E-state index contributed by atoms with van der Waals surface area (Å²) in [5, 5.41) is 0. The molecule has 110 valence electrons. The van der Waals surface area contributed by atoms with E-state index in [1.54, 1.807) is 0 Å². The second kappa shape index (κ2) is 6.44. The molecule has 1 saturated carbocycles. The molecule has 0 saturated heterocycles. The van der Waals surface area contributed by atoms with Gasteiger partial charge in [0.1, 0.15) is 18.2 Å². The first-order valence-electron chi connectivity index (χ1n) is 7.07. The number of benzene rings is 1. The fourth-order valence-electron chi connectivity index (χ4n) is 2.64. The Morgan fingerprint density at radius 2 is 2.00 bits per heavy atom. The number of Topliss-reactive ketones (excluding diaryl/α,β-unsaturated/α-hetero) is 1. The summed E-state index contributed by atoms with van der Waals surface area (Å²) >= 11 is 0. The van der Waals surface area contributed by atoms with Gasteiger partial charge in [0.25, 0.3) is 0 Å². The number of carbonyl (C=O) groups excluding carboxylic acids is 1. The van der Waals surface area contributed by atoms with Crippen LogP contribution in [0.4, 0.5) is 8.78 Å². The fraction of sp³-hybridized carbons (Fsp3) is 0.562. The van der Waals surface area contributed by atoms with E-state index in [0.29, 0.717) is 11.8 Å². The Balaban J connectivity index is 1.89. The Bertz CT molecular complexity index is 487. The van der Waals surface area contributed by atoms with Gasteiger partial charge in [0.15, 0.2) is 5.78 Å². The summed E-state index contributed by atoms with van der Waals surface area (Å²) in [4.78, 5) is 11.9. The molecule has 1 aromatic rings. The summed E-state index contributed by atoms with van der Waals surface area (Å²) < 4.78 is 31.8. The van der Waals surface area contributed by atoms with Crippen molar-refractivity contribution in [3.05, 3.63) is 35.4 Å². The Hall–Kier alpha value is -1.29. The maximum atomic E-state index is 13.5. The quantitative estimate of drug-likeness (QED) is 0.781. The maximum Gasteiger partial charge on any atom is 0.191 e. The zero-order valence-corrected chi connectivity index (χ0v) is 11.9. The average Bonchev–Trinajstić information content (AvgIpc) is 2.40. The summed E-state index contributed by atoms with van der Waals surface area (Å²) in [5.41, 5.74) is -0.108. The van der Waals surface area contributed by atoms with Gasteiger partial charge in [0.05, 0.1) is 11.7 Å². The van der Waals surface area contributed by atoms with Gasteiger partial charge in [-0.15, -0.1) is 0 Å². The molecular formula is C16H20F2O2. The van der Waals surface area contributed by atoms with Crippen molar-refractivity contribution in [3.63, 3.8) is 0 Å². The van der Waals surface area contributed by atoms with E-state index in [-0.39, 0.29) is 18.3 Å². The summed E-state index contributed by atoms with van der Waals surface area (Å²) in [6.07, 6.45) is 3.02. The molecule has 0 N–H and O–H groups in total. The summed E-state index contributed by atoms with van der Waals surface area (Å²) in [6, 6.07) is 2.97. The highest BCUT2D eigenvalue weighted by atomic mass is 19.1. The van der Waals surface area contributed by atoms with Crippen LogP contribution in [-0.2, 0) is 4.74 Å². The van der Waals surface area contributed by atoms with Crippen LogP contribution in [0.3, 0.4) is 0 Å². The van der Waals surface area contributed by atoms with Crippen LogP contribution < -0.4 is 0 Å². The number of rotatable bonds is 4. The van der Waals surface area contributed by atoms with Crippen LogP contribution in [0.15, 0.2) is 18.2 Å². The number of ketones is 1. The van der Waals surface area contributed by atoms with Crippen LogP contribution >= 0.6 is 0 Å². The Morgan fingerprint density at radius 1 is 1.25 bits per heavy atom. The number of carbonyl (C=O) groups is 1. The SMILES string of the molecule is CC1CCC(OCC(=O)c2ccc(F)cc2F)CC1C. The van der Waals surface area contributed by atoms with Gasteiger partial charge in [0, 0.05) is 6.07 Å². The van der Waals surface area contributed by atoms with Gasteiger partial charge in [-0.05, 0) is 43.2 Å². The minimum atomic E-state index is -0.829. The summed E-state index contributed by atoms with van der Waals surface area (Å²) in [7, 11) is 0. The number of halogens is 2. The lowest BCUT2D eigenvalue weighted by molar-refractivity contribution is 0.00693. The smallest absolute Gasteiger partial charge is 0.191 e. The van der Waals surface area contributed by atoms with Crippen molar-refractivity contribution in [2.45, 2.75) is 39.2 Å². The lowest BCUT2D eigenvalue weighted by Gasteiger charge is -2.31. The molecule has 3 unspecified atom stereocenters. The lowest BCUT2D eigenvalue weighted by Crippen LogP contribution is -2.28. The second-order valence-corrected chi connectivity index (χ2v) is 5.75. The van der Waals surface area contributed by atoms with E-state index in [1.807, 2.05) is 0 Å². The molecule has 4 heteroatoms. The lowest BCUT2D eigenvalue weighted by atomic mass is 9.80. The van der Waals surface area contributed by atoms with Gasteiger partial charge in [-0.25, -0.2) is 8.78 Å². The highest BCUT2D eigenvalue weighted by Gasteiger charge is 2.25. The number of hydrogen-bond donors (Lipinski definition) is 0. The first kappa shape index (κ1) is 15.1. The van der Waals surface area contributed by atoms with E-state index in [4.69, 9.17) is 4.74 Å². The third-order valence-corrected chi connectivity index (χ3v) is 4.23. The molecule has 2 nitrogen and oxygen atoms in total. The van der Waals surface area contributed by atoms with E-state index in [9.17, 15) is 13.6 Å². The molecule has 3 atom stereocenters. The van der Waals surface area contributed by atoms with Crippen molar-refractivity contribution in [2.24, 2.45) is 11.8 Å². The van der Waals surface area contributed by atoms with Crippen LogP contribution in [0.5, 0.6) is 0 Å². The molecular weight excluding hydrogens is 262 g/mol. The second-order valence-electron chi connectivity index (χ2n) is 5.75. The first-order valence-corrected chi connectivity index (χ1v) is 7.07. The van der Waals surface area contributed by atoms with Gasteiger partial charge < -0.3 is 4.74 Å². The highest BCUT2D eigenvalue weighted by molar-refractivity contribution is 5.97. The molecule has 20 heavy (non-hydrogen) atoms. The molecule has 0 aliphatic heterocycles. The van der Waals surface area contributed by atoms with Crippen molar-refractivity contribution in [1.29, 1.82) is 0 Å². The van der Waals surface area contributed by atoms with E-state index in [1.165, 1.54) is 6.07 Å². The minimum Gasteiger partial charge on any atom is -0.370 e. The normalized spacial score (nSPS) is 26.5. The van der Waals surface area contributed by atoms with Gasteiger partial charge >= 0.3 is 0 Å². The van der Waals surface area contributed by atoms with E-state index in [2.05, 4.69) is 13.8 Å². The molecule has 1 aliphatic rings.